The van der Waals surface area contributed by atoms with E-state index < -0.39 is 0 Å². The third-order valence-electron chi connectivity index (χ3n) is 1.78. The molecule has 0 saturated heterocycles. The molecular weight excluding hydrogens is 240 g/mol. The van der Waals surface area contributed by atoms with Gasteiger partial charge >= 0.3 is 0 Å². The van der Waals surface area contributed by atoms with Crippen molar-refractivity contribution < 1.29 is 21.7 Å². The maximum Gasteiger partial charge on any atom is 0 e. The van der Waals surface area contributed by atoms with Crippen molar-refractivity contribution >= 4 is 0 Å². The Labute approximate surface area is 123 Å². The summed E-state index contributed by atoms with van der Waals surface area (Å²) < 4.78 is 0. The van der Waals surface area contributed by atoms with E-state index in [9.17, 15) is 0 Å². The molecule has 2 aliphatic rings. The van der Waals surface area contributed by atoms with E-state index in [0.29, 0.717) is 0 Å². The van der Waals surface area contributed by atoms with Gasteiger partial charge in [-0.1, -0.05) is 24.3 Å². The molecule has 2 aliphatic carbocycles. The molecule has 0 aliphatic heterocycles. The van der Waals surface area contributed by atoms with Crippen LogP contribution in [-0.4, -0.2) is 0 Å². The maximum absolute atomic E-state index is 2.00. The minimum atomic E-state index is 0. The van der Waals surface area contributed by atoms with Crippen molar-refractivity contribution in [1.82, 2.24) is 0 Å². The largest absolute Gasteiger partial charge is 0.0842 e. The van der Waals surface area contributed by atoms with Crippen LogP contribution in [-0.2, 0) is 21.7 Å². The van der Waals surface area contributed by atoms with E-state index in [-0.39, 0.29) is 21.7 Å². The molecule has 2 rings (SSSR count). The van der Waals surface area contributed by atoms with Gasteiger partial charge in [0.1, 0.15) is 0 Å². The fourth-order valence-electron chi connectivity index (χ4n) is 1.03. The van der Waals surface area contributed by atoms with Crippen LogP contribution in [0.3, 0.4) is 0 Å². The summed E-state index contributed by atoms with van der Waals surface area (Å²) in [7, 11) is 0. The summed E-state index contributed by atoms with van der Waals surface area (Å²) in [4.78, 5) is 0. The van der Waals surface area contributed by atoms with Gasteiger partial charge in [-0.25, -0.2) is 0 Å². The normalized spacial score (nSPS) is 24.5. The number of rotatable bonds is 0. The Balaban J connectivity index is 0.000000284. The first-order valence-corrected chi connectivity index (χ1v) is 5.33. The Morgan fingerprint density at radius 2 is 0.412 bits per heavy atom. The van der Waals surface area contributed by atoms with Crippen LogP contribution in [0, 0.1) is 77.0 Å². The second-order valence-electron chi connectivity index (χ2n) is 3.08. The van der Waals surface area contributed by atoms with Gasteiger partial charge in [-0.3, -0.25) is 0 Å². The molecule has 0 spiro atoms. The fraction of sp³-hybridized carbons (Fsp3) is 0. The van der Waals surface area contributed by atoms with E-state index in [1.807, 2.05) is 101 Å². The molecule has 0 aromatic rings. The average Bonchev–Trinajstić information content (AvgIpc) is 2.15. The van der Waals surface area contributed by atoms with Crippen LogP contribution < -0.4 is 0 Å². The Morgan fingerprint density at radius 1 is 0.235 bits per heavy atom. The van der Waals surface area contributed by atoms with Crippen LogP contribution in [0.4, 0.5) is 0 Å². The monoisotopic (exact) mass is 256 g/mol. The van der Waals surface area contributed by atoms with Gasteiger partial charge in [0.15, 0.2) is 0 Å². The maximum atomic E-state index is 2.00. The summed E-state index contributed by atoms with van der Waals surface area (Å²) in [6.45, 7) is 0. The molecule has 0 atom stereocenters. The van der Waals surface area contributed by atoms with E-state index in [0.717, 1.165) is 0 Å². The van der Waals surface area contributed by atoms with Crippen molar-refractivity contribution in [3.63, 3.8) is 0 Å². The molecular formula is C16H16Ti. The topological polar surface area (TPSA) is 0 Å². The Hall–Kier alpha value is 0.194. The Kier molecular flexibility index (Phi) is 14.4. The first-order valence-electron chi connectivity index (χ1n) is 5.33. The van der Waals surface area contributed by atoms with Crippen molar-refractivity contribution in [3.8, 4) is 0 Å². The number of hydrogen-bond donors (Lipinski definition) is 0. The van der Waals surface area contributed by atoms with Gasteiger partial charge in [0.05, 0.1) is 0 Å². The van der Waals surface area contributed by atoms with Crippen molar-refractivity contribution in [2.45, 2.75) is 0 Å². The van der Waals surface area contributed by atoms with E-state index in [1.165, 1.54) is 0 Å². The van der Waals surface area contributed by atoms with Gasteiger partial charge in [-0.15, -0.1) is 0 Å². The Morgan fingerprint density at radius 3 is 0.647 bits per heavy atom. The summed E-state index contributed by atoms with van der Waals surface area (Å²) in [6, 6.07) is 0. The molecule has 0 aromatic heterocycles. The summed E-state index contributed by atoms with van der Waals surface area (Å²) in [5.41, 5.74) is 0. The third-order valence-corrected chi connectivity index (χ3v) is 1.78. The molecule has 84 valence electrons. The zero-order chi connectivity index (χ0) is 11.3. The van der Waals surface area contributed by atoms with E-state index in [4.69, 9.17) is 0 Å². The first kappa shape index (κ1) is 17.2. The summed E-state index contributed by atoms with van der Waals surface area (Å²) in [6.07, 6.45) is 32.0. The van der Waals surface area contributed by atoms with Crippen LogP contribution in [0.2, 0.25) is 0 Å². The summed E-state index contributed by atoms with van der Waals surface area (Å²) >= 11 is 0. The molecule has 0 heterocycles. The molecule has 0 bridgehead atoms. The molecule has 0 saturated carbocycles. The molecule has 0 nitrogen and oxygen atoms in total. The number of allylic oxidation sites excluding steroid dienone is 4. The fourth-order valence-corrected chi connectivity index (χ4v) is 1.03. The third kappa shape index (κ3) is 12.4. The molecule has 17 heavy (non-hydrogen) atoms. The molecule has 0 aromatic carbocycles. The average molecular weight is 256 g/mol. The molecule has 0 amide bonds. The smallest absolute Gasteiger partial charge is 0 e. The molecule has 12 radical (unpaired) electrons. The van der Waals surface area contributed by atoms with Crippen LogP contribution in [0.1, 0.15) is 0 Å². The van der Waals surface area contributed by atoms with Crippen LogP contribution in [0.15, 0.2) is 24.3 Å². The minimum Gasteiger partial charge on any atom is -0.0842 e. The zero-order valence-corrected chi connectivity index (χ0v) is 11.3. The van der Waals surface area contributed by atoms with Gasteiger partial charge < -0.3 is 0 Å². The SMILES string of the molecule is [CH]1[CH][CH][CH]/C=C\[CH][CH]1.[CH]1[CH][CH][CH]/C=C\[CH][CH]1.[Ti]. The zero-order valence-electron chi connectivity index (χ0n) is 9.74. The van der Waals surface area contributed by atoms with Gasteiger partial charge in [0, 0.05) is 21.7 Å². The van der Waals surface area contributed by atoms with Gasteiger partial charge in [0.25, 0.3) is 0 Å². The first-order chi connectivity index (χ1) is 8.00. The molecule has 0 N–H and O–H groups in total. The van der Waals surface area contributed by atoms with Crippen molar-refractivity contribution in [2.75, 3.05) is 0 Å². The van der Waals surface area contributed by atoms with Gasteiger partial charge in [-0.05, 0) is 77.0 Å². The molecule has 0 unspecified atom stereocenters. The van der Waals surface area contributed by atoms with Crippen molar-refractivity contribution in [1.29, 1.82) is 0 Å². The van der Waals surface area contributed by atoms with Gasteiger partial charge in [0.2, 0.25) is 0 Å². The van der Waals surface area contributed by atoms with E-state index in [1.54, 1.807) is 0 Å². The summed E-state index contributed by atoms with van der Waals surface area (Å²) in [5.74, 6) is 0. The second kappa shape index (κ2) is 14.3. The quantitative estimate of drug-likeness (QED) is 0.581. The van der Waals surface area contributed by atoms with Crippen LogP contribution >= 0.6 is 0 Å². The Bertz CT molecular complexity index is 152. The van der Waals surface area contributed by atoms with Crippen LogP contribution in [0.5, 0.6) is 0 Å². The van der Waals surface area contributed by atoms with Crippen molar-refractivity contribution in [2.24, 2.45) is 0 Å². The van der Waals surface area contributed by atoms with E-state index >= 15 is 0 Å². The predicted molar refractivity (Wildman–Crippen MR) is 69.9 cm³/mol. The second-order valence-corrected chi connectivity index (χ2v) is 3.08. The van der Waals surface area contributed by atoms with E-state index in [2.05, 4.69) is 0 Å². The number of hydrogen-bond acceptors (Lipinski definition) is 0. The van der Waals surface area contributed by atoms with Crippen molar-refractivity contribution in [3.05, 3.63) is 101 Å². The molecule has 0 fully saturated rings. The standard InChI is InChI=1S/2C8H8.Ti/c2*1-2-4-6-8-7-5-3-1;/h2*1-8H;/b2*2-1-;. The van der Waals surface area contributed by atoms with Gasteiger partial charge in [-0.2, -0.15) is 0 Å². The van der Waals surface area contributed by atoms with Crippen LogP contribution in [0.25, 0.3) is 0 Å². The predicted octanol–water partition coefficient (Wildman–Crippen LogP) is 3.56. The summed E-state index contributed by atoms with van der Waals surface area (Å²) in [5, 5.41) is 0. The molecule has 1 heteroatoms. The minimum absolute atomic E-state index is 0.